The van der Waals surface area contributed by atoms with E-state index in [1.165, 1.54) is 12.1 Å². The van der Waals surface area contributed by atoms with Crippen LogP contribution in [0.5, 0.6) is 0 Å². The lowest BCUT2D eigenvalue weighted by Gasteiger charge is -2.01. The molecule has 0 saturated heterocycles. The Kier molecular flexibility index (Phi) is 3.67. The number of rotatable bonds is 1. The number of aromatic nitrogens is 1. The number of halogens is 3. The van der Waals surface area contributed by atoms with Gasteiger partial charge in [0.25, 0.3) is 0 Å². The van der Waals surface area contributed by atoms with Gasteiger partial charge in [-0.1, -0.05) is 0 Å². The van der Waals surface area contributed by atoms with E-state index in [1.54, 1.807) is 18.3 Å². The zero-order valence-corrected chi connectivity index (χ0v) is 8.78. The van der Waals surface area contributed by atoms with Gasteiger partial charge in [-0.2, -0.15) is 0 Å². The zero-order chi connectivity index (χ0) is 9.26. The van der Waals surface area contributed by atoms with E-state index in [4.69, 9.17) is 11.6 Å². The quantitative estimate of drug-likeness (QED) is 0.685. The van der Waals surface area contributed by atoms with Crippen LogP contribution < -0.4 is 0 Å². The molecule has 14 heavy (non-hydrogen) atoms. The molecule has 1 nitrogen and oxygen atoms in total. The van der Waals surface area contributed by atoms with Crippen LogP contribution in [-0.4, -0.2) is 4.98 Å². The Morgan fingerprint density at radius 1 is 1.29 bits per heavy atom. The molecule has 1 heterocycles. The summed E-state index contributed by atoms with van der Waals surface area (Å²) in [6.07, 6.45) is 1.64. The third kappa shape index (κ3) is 1.97. The summed E-state index contributed by atoms with van der Waals surface area (Å²) in [6, 6.07) is 6.37. The monoisotopic (exact) mass is 231 g/mol. The van der Waals surface area contributed by atoms with Crippen LogP contribution in [-0.2, 0) is 5.88 Å². The Bertz CT molecular complexity index is 445. The lowest BCUT2D eigenvalue weighted by molar-refractivity contribution is 0.629. The first kappa shape index (κ1) is 11.2. The van der Waals surface area contributed by atoms with Crippen molar-refractivity contribution in [3.8, 4) is 0 Å². The van der Waals surface area contributed by atoms with Gasteiger partial charge in [0.15, 0.2) is 0 Å². The minimum absolute atomic E-state index is 0. The maximum atomic E-state index is 12.8. The van der Waals surface area contributed by atoms with Gasteiger partial charge in [0, 0.05) is 11.6 Å². The van der Waals surface area contributed by atoms with Crippen LogP contribution in [0.3, 0.4) is 0 Å². The molecule has 0 atom stereocenters. The molecule has 0 unspecified atom stereocenters. The van der Waals surface area contributed by atoms with Gasteiger partial charge in [0.2, 0.25) is 0 Å². The molecule has 4 heteroatoms. The van der Waals surface area contributed by atoms with Gasteiger partial charge >= 0.3 is 0 Å². The summed E-state index contributed by atoms with van der Waals surface area (Å²) in [6.45, 7) is 0. The SMILES string of the molecule is Cl.Fc1ccc2c(CCl)nccc2c1. The van der Waals surface area contributed by atoms with E-state index < -0.39 is 0 Å². The Morgan fingerprint density at radius 3 is 2.79 bits per heavy atom. The molecule has 0 saturated carbocycles. The van der Waals surface area contributed by atoms with Gasteiger partial charge in [-0.25, -0.2) is 4.39 Å². The number of benzene rings is 1. The number of alkyl halides is 1. The summed E-state index contributed by atoms with van der Waals surface area (Å²) >= 11 is 5.69. The minimum Gasteiger partial charge on any atom is -0.259 e. The van der Waals surface area contributed by atoms with E-state index in [1.807, 2.05) is 0 Å². The molecule has 0 aliphatic heterocycles. The fourth-order valence-electron chi connectivity index (χ4n) is 1.32. The first-order chi connectivity index (χ1) is 6.31. The Morgan fingerprint density at radius 2 is 2.07 bits per heavy atom. The Balaban J connectivity index is 0.000000980. The van der Waals surface area contributed by atoms with E-state index in [-0.39, 0.29) is 18.2 Å². The molecule has 0 bridgehead atoms. The lowest BCUT2D eigenvalue weighted by atomic mass is 10.1. The average Bonchev–Trinajstić information content (AvgIpc) is 2.16. The highest BCUT2D eigenvalue weighted by Gasteiger charge is 2.01. The molecule has 0 aliphatic rings. The maximum Gasteiger partial charge on any atom is 0.123 e. The largest absolute Gasteiger partial charge is 0.259 e. The van der Waals surface area contributed by atoms with E-state index in [2.05, 4.69) is 4.98 Å². The number of fused-ring (bicyclic) bond motifs is 1. The molecule has 0 radical (unpaired) electrons. The summed E-state index contributed by atoms with van der Waals surface area (Å²) in [7, 11) is 0. The highest BCUT2D eigenvalue weighted by Crippen LogP contribution is 2.18. The van der Waals surface area contributed by atoms with Gasteiger partial charge in [0.05, 0.1) is 11.6 Å². The zero-order valence-electron chi connectivity index (χ0n) is 7.21. The average molecular weight is 232 g/mol. The van der Waals surface area contributed by atoms with E-state index in [0.29, 0.717) is 5.88 Å². The van der Waals surface area contributed by atoms with Crippen LogP contribution >= 0.6 is 24.0 Å². The number of hydrogen-bond donors (Lipinski definition) is 0. The molecule has 0 amide bonds. The summed E-state index contributed by atoms with van der Waals surface area (Å²) < 4.78 is 12.8. The molecule has 0 fully saturated rings. The lowest BCUT2D eigenvalue weighted by Crippen LogP contribution is -1.87. The van der Waals surface area contributed by atoms with Crippen molar-refractivity contribution in [1.82, 2.24) is 4.98 Å². The number of nitrogens with zero attached hydrogens (tertiary/aromatic N) is 1. The third-order valence-electron chi connectivity index (χ3n) is 1.94. The summed E-state index contributed by atoms with van der Waals surface area (Å²) in [5, 5.41) is 1.75. The number of hydrogen-bond acceptors (Lipinski definition) is 1. The van der Waals surface area contributed by atoms with Gasteiger partial charge < -0.3 is 0 Å². The molecule has 1 aromatic carbocycles. The maximum absolute atomic E-state index is 12.8. The smallest absolute Gasteiger partial charge is 0.123 e. The molecule has 1 aromatic heterocycles. The molecular weight excluding hydrogens is 224 g/mol. The highest BCUT2D eigenvalue weighted by atomic mass is 35.5. The molecule has 74 valence electrons. The first-order valence-electron chi connectivity index (χ1n) is 3.90. The summed E-state index contributed by atoms with van der Waals surface area (Å²) in [5.74, 6) is 0.113. The van der Waals surface area contributed by atoms with Crippen molar-refractivity contribution in [1.29, 1.82) is 0 Å². The second-order valence-electron chi connectivity index (χ2n) is 2.76. The molecule has 0 N–H and O–H groups in total. The number of pyridine rings is 1. The van der Waals surface area contributed by atoms with Crippen molar-refractivity contribution in [2.75, 3.05) is 0 Å². The topological polar surface area (TPSA) is 12.9 Å². The van der Waals surface area contributed by atoms with Gasteiger partial charge in [-0.3, -0.25) is 4.98 Å². The molecule has 0 aliphatic carbocycles. The van der Waals surface area contributed by atoms with Crippen LogP contribution in [0.1, 0.15) is 5.69 Å². The van der Waals surface area contributed by atoms with Crippen LogP contribution in [0.4, 0.5) is 4.39 Å². The van der Waals surface area contributed by atoms with Crippen molar-refractivity contribution < 1.29 is 4.39 Å². The molecule has 2 aromatic rings. The third-order valence-corrected chi connectivity index (χ3v) is 2.19. The molecule has 0 spiro atoms. The van der Waals surface area contributed by atoms with Crippen molar-refractivity contribution in [2.24, 2.45) is 0 Å². The summed E-state index contributed by atoms with van der Waals surface area (Å²) in [5.41, 5.74) is 0.791. The van der Waals surface area contributed by atoms with Crippen molar-refractivity contribution in [3.63, 3.8) is 0 Å². The van der Waals surface area contributed by atoms with Crippen molar-refractivity contribution in [3.05, 3.63) is 42.0 Å². The van der Waals surface area contributed by atoms with Crippen LogP contribution in [0.25, 0.3) is 10.8 Å². The fourth-order valence-corrected chi connectivity index (χ4v) is 1.53. The normalized spacial score (nSPS) is 9.86. The minimum atomic E-state index is -0.237. The Hall–Kier alpha value is -0.860. The predicted octanol–water partition coefficient (Wildman–Crippen LogP) is 3.53. The van der Waals surface area contributed by atoms with Crippen molar-refractivity contribution >= 4 is 34.8 Å². The van der Waals surface area contributed by atoms with Crippen molar-refractivity contribution in [2.45, 2.75) is 5.88 Å². The predicted molar refractivity (Wildman–Crippen MR) is 58.5 cm³/mol. The second kappa shape index (κ2) is 4.58. The van der Waals surface area contributed by atoms with Gasteiger partial charge in [0.1, 0.15) is 5.82 Å². The van der Waals surface area contributed by atoms with E-state index in [9.17, 15) is 4.39 Å². The van der Waals surface area contributed by atoms with Gasteiger partial charge in [-0.15, -0.1) is 24.0 Å². The van der Waals surface area contributed by atoms with Gasteiger partial charge in [-0.05, 0) is 29.7 Å². The second-order valence-corrected chi connectivity index (χ2v) is 3.02. The first-order valence-corrected chi connectivity index (χ1v) is 4.44. The Labute approximate surface area is 92.3 Å². The molecular formula is C10H8Cl2FN. The fraction of sp³-hybridized carbons (Fsp3) is 0.100. The standard InChI is InChI=1S/C10H7ClFN.ClH/c11-6-10-9-2-1-8(12)5-7(9)3-4-13-10;/h1-5H,6H2;1H. The van der Waals surface area contributed by atoms with Crippen LogP contribution in [0.15, 0.2) is 30.5 Å². The van der Waals surface area contributed by atoms with Crippen LogP contribution in [0, 0.1) is 5.82 Å². The summed E-state index contributed by atoms with van der Waals surface area (Å²) in [4.78, 5) is 4.10. The van der Waals surface area contributed by atoms with E-state index >= 15 is 0 Å². The highest BCUT2D eigenvalue weighted by molar-refractivity contribution is 6.17. The molecule has 2 rings (SSSR count). The van der Waals surface area contributed by atoms with Crippen LogP contribution in [0.2, 0.25) is 0 Å². The van der Waals surface area contributed by atoms with E-state index in [0.717, 1.165) is 16.5 Å².